The summed E-state index contributed by atoms with van der Waals surface area (Å²) >= 11 is 3.46. The lowest BCUT2D eigenvalue weighted by atomic mass is 9.89. The molecule has 5 heteroatoms. The smallest absolute Gasteiger partial charge is 0.239 e. The van der Waals surface area contributed by atoms with Gasteiger partial charge in [0.15, 0.2) is 0 Å². The topological polar surface area (TPSA) is 46.3 Å². The van der Waals surface area contributed by atoms with Crippen LogP contribution in [0.2, 0.25) is 0 Å². The van der Waals surface area contributed by atoms with Crippen molar-refractivity contribution in [3.63, 3.8) is 0 Å². The van der Waals surface area contributed by atoms with Gasteiger partial charge in [-0.2, -0.15) is 0 Å². The van der Waals surface area contributed by atoms with E-state index in [1.807, 2.05) is 18.7 Å². The van der Waals surface area contributed by atoms with Gasteiger partial charge in [-0.05, 0) is 42.4 Å². The molecule has 1 aliphatic rings. The first-order valence-corrected chi connectivity index (χ1v) is 8.08. The third-order valence-electron chi connectivity index (χ3n) is 4.15. The Morgan fingerprint density at radius 3 is 2.24 bits per heavy atom. The lowest BCUT2D eigenvalue weighted by Crippen LogP contribution is -2.49. The zero-order valence-electron chi connectivity index (χ0n) is 12.6. The minimum atomic E-state index is -0.362. The molecular weight excluding hydrogens is 352 g/mol. The van der Waals surface area contributed by atoms with E-state index in [0.717, 1.165) is 30.4 Å². The molecule has 1 amide bonds. The molecule has 0 aromatic heterocycles. The van der Waals surface area contributed by atoms with Gasteiger partial charge in [-0.3, -0.25) is 4.79 Å². The Morgan fingerprint density at radius 2 is 1.76 bits per heavy atom. The van der Waals surface area contributed by atoms with Crippen LogP contribution in [0.25, 0.3) is 0 Å². The fourth-order valence-electron chi connectivity index (χ4n) is 2.66. The average Bonchev–Trinajstić information content (AvgIpc) is 2.46. The molecule has 0 unspecified atom stereocenters. The Balaban J connectivity index is 0.00000220. The number of rotatable bonds is 3. The van der Waals surface area contributed by atoms with Crippen LogP contribution < -0.4 is 5.73 Å². The molecule has 1 fully saturated rings. The van der Waals surface area contributed by atoms with Crippen molar-refractivity contribution in [1.82, 2.24) is 4.90 Å². The van der Waals surface area contributed by atoms with Gasteiger partial charge in [-0.1, -0.05) is 41.9 Å². The number of hydrogen-bond acceptors (Lipinski definition) is 2. The molecule has 1 aromatic carbocycles. The molecule has 1 aromatic rings. The van der Waals surface area contributed by atoms with Gasteiger partial charge < -0.3 is 10.6 Å². The van der Waals surface area contributed by atoms with E-state index >= 15 is 0 Å². The first kappa shape index (κ1) is 18.5. The fourth-order valence-corrected chi connectivity index (χ4v) is 2.93. The van der Waals surface area contributed by atoms with Crippen molar-refractivity contribution >= 4 is 34.2 Å². The van der Waals surface area contributed by atoms with Gasteiger partial charge >= 0.3 is 0 Å². The second kappa shape index (κ2) is 8.16. The largest absolute Gasteiger partial charge is 0.341 e. The Hall–Kier alpha value is -0.580. The SMILES string of the molecule is CC(C)[C@@H](N)C(=O)N1CCC(c2ccc(Br)cc2)CC1.Cl. The molecule has 21 heavy (non-hydrogen) atoms. The highest BCUT2D eigenvalue weighted by Crippen LogP contribution is 2.29. The lowest BCUT2D eigenvalue weighted by Gasteiger charge is -2.34. The molecule has 3 nitrogen and oxygen atoms in total. The minimum Gasteiger partial charge on any atom is -0.341 e. The Morgan fingerprint density at radius 1 is 1.24 bits per heavy atom. The number of carbonyl (C=O) groups is 1. The quantitative estimate of drug-likeness (QED) is 0.878. The summed E-state index contributed by atoms with van der Waals surface area (Å²) in [7, 11) is 0. The first-order chi connectivity index (χ1) is 9.49. The molecule has 0 saturated carbocycles. The van der Waals surface area contributed by atoms with Crippen molar-refractivity contribution in [2.45, 2.75) is 38.6 Å². The summed E-state index contributed by atoms with van der Waals surface area (Å²) in [6.45, 7) is 5.63. The Labute approximate surface area is 141 Å². The van der Waals surface area contributed by atoms with Crippen LogP contribution >= 0.6 is 28.3 Å². The van der Waals surface area contributed by atoms with Crippen LogP contribution in [0.1, 0.15) is 38.2 Å². The third kappa shape index (κ3) is 4.70. The van der Waals surface area contributed by atoms with Crippen LogP contribution in [-0.2, 0) is 4.79 Å². The highest BCUT2D eigenvalue weighted by molar-refractivity contribution is 9.10. The Bertz CT molecular complexity index is 456. The molecule has 1 saturated heterocycles. The van der Waals surface area contributed by atoms with Crippen LogP contribution in [0, 0.1) is 5.92 Å². The summed E-state index contributed by atoms with van der Waals surface area (Å²) in [5, 5.41) is 0. The second-order valence-electron chi connectivity index (χ2n) is 5.92. The molecule has 1 aliphatic heterocycles. The van der Waals surface area contributed by atoms with Crippen molar-refractivity contribution < 1.29 is 4.79 Å². The summed E-state index contributed by atoms with van der Waals surface area (Å²) in [6, 6.07) is 8.15. The summed E-state index contributed by atoms with van der Waals surface area (Å²) in [5.74, 6) is 0.864. The predicted octanol–water partition coefficient (Wildman–Crippen LogP) is 3.56. The summed E-state index contributed by atoms with van der Waals surface area (Å²) in [5.41, 5.74) is 7.33. The number of nitrogens with two attached hydrogens (primary N) is 1. The fraction of sp³-hybridized carbons (Fsp3) is 0.562. The lowest BCUT2D eigenvalue weighted by molar-refractivity contribution is -0.134. The summed E-state index contributed by atoms with van der Waals surface area (Å²) in [6.07, 6.45) is 2.05. The van der Waals surface area contributed by atoms with Crippen LogP contribution in [0.4, 0.5) is 0 Å². The molecule has 2 N–H and O–H groups in total. The minimum absolute atomic E-state index is 0. The van der Waals surface area contributed by atoms with Crippen molar-refractivity contribution in [2.75, 3.05) is 13.1 Å². The highest BCUT2D eigenvalue weighted by Gasteiger charge is 2.28. The molecule has 118 valence electrons. The summed E-state index contributed by atoms with van der Waals surface area (Å²) < 4.78 is 1.11. The van der Waals surface area contributed by atoms with E-state index in [0.29, 0.717) is 5.92 Å². The third-order valence-corrected chi connectivity index (χ3v) is 4.68. The number of halogens is 2. The number of amides is 1. The first-order valence-electron chi connectivity index (χ1n) is 7.29. The van der Waals surface area contributed by atoms with Gasteiger partial charge in [0.25, 0.3) is 0 Å². The molecule has 1 heterocycles. The van der Waals surface area contributed by atoms with Gasteiger partial charge in [0.1, 0.15) is 0 Å². The maximum atomic E-state index is 12.2. The van der Waals surface area contributed by atoms with Crippen molar-refractivity contribution in [2.24, 2.45) is 11.7 Å². The van der Waals surface area contributed by atoms with Crippen LogP contribution in [0.3, 0.4) is 0 Å². The van der Waals surface area contributed by atoms with Crippen molar-refractivity contribution in [1.29, 1.82) is 0 Å². The van der Waals surface area contributed by atoms with Gasteiger partial charge in [0.2, 0.25) is 5.91 Å². The van der Waals surface area contributed by atoms with Crippen molar-refractivity contribution in [3.05, 3.63) is 34.3 Å². The maximum absolute atomic E-state index is 12.2. The highest BCUT2D eigenvalue weighted by atomic mass is 79.9. The number of likely N-dealkylation sites (tertiary alicyclic amines) is 1. The number of piperidine rings is 1. The van der Waals surface area contributed by atoms with E-state index in [1.54, 1.807) is 0 Å². The number of benzene rings is 1. The van der Waals surface area contributed by atoms with E-state index < -0.39 is 0 Å². The molecule has 0 spiro atoms. The van der Waals surface area contributed by atoms with E-state index in [1.165, 1.54) is 5.56 Å². The van der Waals surface area contributed by atoms with Gasteiger partial charge in [-0.15, -0.1) is 12.4 Å². The van der Waals surface area contributed by atoms with E-state index in [-0.39, 0.29) is 30.3 Å². The van der Waals surface area contributed by atoms with Gasteiger partial charge in [-0.25, -0.2) is 0 Å². The maximum Gasteiger partial charge on any atom is 0.239 e. The van der Waals surface area contributed by atoms with E-state index in [2.05, 4.69) is 40.2 Å². The predicted molar refractivity (Wildman–Crippen MR) is 92.8 cm³/mol. The average molecular weight is 376 g/mol. The molecule has 0 radical (unpaired) electrons. The number of nitrogens with zero attached hydrogens (tertiary/aromatic N) is 1. The summed E-state index contributed by atoms with van der Waals surface area (Å²) in [4.78, 5) is 14.2. The second-order valence-corrected chi connectivity index (χ2v) is 6.84. The van der Waals surface area contributed by atoms with Gasteiger partial charge in [0.05, 0.1) is 6.04 Å². The van der Waals surface area contributed by atoms with Crippen LogP contribution in [0.15, 0.2) is 28.7 Å². The zero-order valence-corrected chi connectivity index (χ0v) is 15.0. The Kier molecular flexibility index (Phi) is 7.17. The standard InChI is InChI=1S/C16H23BrN2O.ClH/c1-11(2)15(18)16(20)19-9-7-13(8-10-19)12-3-5-14(17)6-4-12;/h3-6,11,13,15H,7-10,18H2,1-2H3;1H/t15-;/m1./s1. The van der Waals surface area contributed by atoms with Crippen molar-refractivity contribution in [3.8, 4) is 0 Å². The molecule has 0 aliphatic carbocycles. The molecule has 0 bridgehead atoms. The molecule has 2 rings (SSSR count). The monoisotopic (exact) mass is 374 g/mol. The van der Waals surface area contributed by atoms with Crippen LogP contribution in [0.5, 0.6) is 0 Å². The van der Waals surface area contributed by atoms with E-state index in [9.17, 15) is 4.79 Å². The zero-order chi connectivity index (χ0) is 14.7. The molecule has 1 atom stereocenters. The molecular formula is C16H24BrClN2O. The van der Waals surface area contributed by atoms with Gasteiger partial charge in [0, 0.05) is 17.6 Å². The normalized spacial score (nSPS) is 17.5. The van der Waals surface area contributed by atoms with E-state index in [4.69, 9.17) is 5.73 Å². The van der Waals surface area contributed by atoms with Crippen LogP contribution in [-0.4, -0.2) is 29.9 Å². The number of hydrogen-bond donors (Lipinski definition) is 1. The number of carbonyl (C=O) groups excluding carboxylic acids is 1.